The molecule has 2 aliphatic heterocycles. The minimum absolute atomic E-state index is 0.0114. The molecule has 0 aromatic rings. The van der Waals surface area contributed by atoms with E-state index in [-0.39, 0.29) is 29.7 Å². The number of carbonyl (C=O) groups is 2. The number of carboxylic acids is 1. The Bertz CT molecular complexity index is 410. The van der Waals surface area contributed by atoms with Gasteiger partial charge in [0.1, 0.15) is 5.37 Å². The Balaban J connectivity index is 1.95. The van der Waals surface area contributed by atoms with Crippen LogP contribution in [0.1, 0.15) is 19.8 Å². The average molecular weight is 272 g/mol. The van der Waals surface area contributed by atoms with Crippen LogP contribution in [0.3, 0.4) is 0 Å². The van der Waals surface area contributed by atoms with Gasteiger partial charge in [-0.3, -0.25) is 9.59 Å². The lowest BCUT2D eigenvalue weighted by molar-refractivity contribution is -0.151. The number of carboxylic acid groups (broad SMARTS) is 1. The van der Waals surface area contributed by atoms with Crippen LogP contribution in [0.15, 0.2) is 11.1 Å². The summed E-state index contributed by atoms with van der Waals surface area (Å²) in [4.78, 5) is 24.6. The smallest absolute Gasteiger partial charge is 0.303 e. The Morgan fingerprint density at radius 3 is 2.89 bits per heavy atom. The molecule has 7 heteroatoms. The van der Waals surface area contributed by atoms with Crippen LogP contribution < -0.4 is 5.73 Å². The summed E-state index contributed by atoms with van der Waals surface area (Å²) in [6, 6.07) is -0.362. The van der Waals surface area contributed by atoms with Gasteiger partial charge in [-0.15, -0.1) is 11.8 Å². The Kier molecular flexibility index (Phi) is 3.65. The molecule has 1 unspecified atom stereocenters. The summed E-state index contributed by atoms with van der Waals surface area (Å²) in [7, 11) is 0. The summed E-state index contributed by atoms with van der Waals surface area (Å²) < 4.78 is 0. The molecule has 1 amide bonds. The van der Waals surface area contributed by atoms with Crippen molar-refractivity contribution in [2.75, 3.05) is 0 Å². The van der Waals surface area contributed by atoms with Crippen LogP contribution >= 0.6 is 11.8 Å². The zero-order valence-corrected chi connectivity index (χ0v) is 10.8. The maximum absolute atomic E-state index is 11.7. The van der Waals surface area contributed by atoms with E-state index in [4.69, 9.17) is 10.8 Å². The molecule has 4 N–H and O–H groups in total. The van der Waals surface area contributed by atoms with E-state index in [1.54, 1.807) is 18.0 Å². The monoisotopic (exact) mass is 272 g/mol. The molecule has 4 atom stereocenters. The molecule has 0 aromatic carbocycles. The van der Waals surface area contributed by atoms with Gasteiger partial charge in [0.15, 0.2) is 0 Å². The Morgan fingerprint density at radius 2 is 2.33 bits per heavy atom. The molecule has 0 spiro atoms. The Labute approximate surface area is 109 Å². The molecule has 2 rings (SSSR count). The lowest BCUT2D eigenvalue weighted by Gasteiger charge is -2.42. The highest BCUT2D eigenvalue weighted by Crippen LogP contribution is 2.47. The molecule has 2 heterocycles. The number of aliphatic hydroxyl groups is 1. The van der Waals surface area contributed by atoms with Crippen LogP contribution in [0.5, 0.6) is 0 Å². The number of thioether (sulfide) groups is 1. The standard InChI is InChI=1S/C11H16N2O4S/c1-5(14)9-10(17)13-4-7(18-11(9)13)6(12)2-3-8(15)16/h4-6,9,11,14H,2-3,12H2,1H3,(H,15,16)/t5?,6-,9+,11-/m1/s1. The van der Waals surface area contributed by atoms with Crippen molar-refractivity contribution in [3.63, 3.8) is 0 Å². The first-order chi connectivity index (χ1) is 8.41. The predicted octanol–water partition coefficient (Wildman–Crippen LogP) is -0.0680. The van der Waals surface area contributed by atoms with Crippen molar-refractivity contribution < 1.29 is 19.8 Å². The van der Waals surface area contributed by atoms with Gasteiger partial charge in [-0.25, -0.2) is 0 Å². The summed E-state index contributed by atoms with van der Waals surface area (Å²) in [6.45, 7) is 1.60. The Morgan fingerprint density at radius 1 is 1.67 bits per heavy atom. The molecule has 100 valence electrons. The van der Waals surface area contributed by atoms with E-state index in [2.05, 4.69) is 0 Å². The molecule has 6 nitrogen and oxygen atoms in total. The first-order valence-corrected chi connectivity index (χ1v) is 6.65. The van der Waals surface area contributed by atoms with Gasteiger partial charge in [0.25, 0.3) is 0 Å². The largest absolute Gasteiger partial charge is 0.481 e. The van der Waals surface area contributed by atoms with Crippen LogP contribution in [-0.4, -0.2) is 44.5 Å². The number of nitrogens with zero attached hydrogens (tertiary/aromatic N) is 1. The number of nitrogens with two attached hydrogens (primary N) is 1. The predicted molar refractivity (Wildman–Crippen MR) is 66.3 cm³/mol. The molecular formula is C11H16N2O4S. The third-order valence-corrected chi connectivity index (χ3v) is 4.64. The number of fused-ring (bicyclic) bond motifs is 1. The first-order valence-electron chi connectivity index (χ1n) is 5.78. The molecule has 18 heavy (non-hydrogen) atoms. The van der Waals surface area contributed by atoms with Crippen molar-refractivity contribution in [2.24, 2.45) is 11.7 Å². The van der Waals surface area contributed by atoms with Crippen LogP contribution in [0.2, 0.25) is 0 Å². The average Bonchev–Trinajstić information content (AvgIpc) is 2.64. The van der Waals surface area contributed by atoms with E-state index in [1.807, 2.05) is 0 Å². The second-order valence-corrected chi connectivity index (χ2v) is 5.78. The number of β-lactam (4-membered cyclic amide) rings is 1. The quantitative estimate of drug-likeness (QED) is 0.605. The number of hydrogen-bond acceptors (Lipinski definition) is 5. The van der Waals surface area contributed by atoms with Gasteiger partial charge in [0.05, 0.1) is 12.0 Å². The van der Waals surface area contributed by atoms with Crippen molar-refractivity contribution in [3.8, 4) is 0 Å². The van der Waals surface area contributed by atoms with Crippen molar-refractivity contribution >= 4 is 23.6 Å². The molecule has 0 aromatic heterocycles. The third kappa shape index (κ3) is 2.25. The normalized spacial score (nSPS) is 29.4. The fraction of sp³-hybridized carbons (Fsp3) is 0.636. The molecule has 1 fully saturated rings. The molecule has 0 saturated carbocycles. The highest BCUT2D eigenvalue weighted by atomic mass is 32.2. The first kappa shape index (κ1) is 13.4. The fourth-order valence-electron chi connectivity index (χ4n) is 2.13. The van der Waals surface area contributed by atoms with Gasteiger partial charge in [-0.05, 0) is 13.3 Å². The summed E-state index contributed by atoms with van der Waals surface area (Å²) in [5.41, 5.74) is 5.89. The van der Waals surface area contributed by atoms with Gasteiger partial charge in [0, 0.05) is 23.6 Å². The third-order valence-electron chi connectivity index (χ3n) is 3.20. The topological polar surface area (TPSA) is 104 Å². The second-order valence-electron chi connectivity index (χ2n) is 4.59. The summed E-state index contributed by atoms with van der Waals surface area (Å²) in [5.74, 6) is -1.35. The second kappa shape index (κ2) is 4.91. The molecule has 0 radical (unpaired) electrons. The number of hydrogen-bond donors (Lipinski definition) is 3. The Hall–Kier alpha value is -1.05. The SMILES string of the molecule is CC(O)[C@H]1C(=O)N2C=C([C@H](N)CCC(=O)O)S[C@H]12. The summed E-state index contributed by atoms with van der Waals surface area (Å²) in [5, 5.41) is 18.0. The maximum atomic E-state index is 11.7. The van der Waals surface area contributed by atoms with Gasteiger partial charge in [0.2, 0.25) is 5.91 Å². The van der Waals surface area contributed by atoms with E-state index in [1.165, 1.54) is 11.8 Å². The highest BCUT2D eigenvalue weighted by molar-refractivity contribution is 8.04. The van der Waals surface area contributed by atoms with E-state index in [9.17, 15) is 14.7 Å². The number of carbonyl (C=O) groups excluding carboxylic acids is 1. The van der Waals surface area contributed by atoms with Crippen molar-refractivity contribution in [3.05, 3.63) is 11.1 Å². The minimum atomic E-state index is -0.879. The lowest BCUT2D eigenvalue weighted by atomic mass is 9.93. The number of amides is 1. The van der Waals surface area contributed by atoms with Crippen molar-refractivity contribution in [2.45, 2.75) is 37.3 Å². The minimum Gasteiger partial charge on any atom is -0.481 e. The zero-order chi connectivity index (χ0) is 13.4. The molecular weight excluding hydrogens is 256 g/mol. The number of aliphatic hydroxyl groups excluding tert-OH is 1. The maximum Gasteiger partial charge on any atom is 0.303 e. The fourth-order valence-corrected chi connectivity index (χ4v) is 3.65. The van der Waals surface area contributed by atoms with Gasteiger partial charge < -0.3 is 20.8 Å². The van der Waals surface area contributed by atoms with E-state index < -0.39 is 12.1 Å². The van der Waals surface area contributed by atoms with Crippen LogP contribution in [-0.2, 0) is 9.59 Å². The van der Waals surface area contributed by atoms with Gasteiger partial charge in [-0.2, -0.15) is 0 Å². The number of rotatable bonds is 5. The molecule has 0 aliphatic carbocycles. The van der Waals surface area contributed by atoms with Gasteiger partial charge >= 0.3 is 5.97 Å². The molecule has 2 aliphatic rings. The van der Waals surface area contributed by atoms with Crippen LogP contribution in [0, 0.1) is 5.92 Å². The van der Waals surface area contributed by atoms with Crippen LogP contribution in [0.25, 0.3) is 0 Å². The van der Waals surface area contributed by atoms with E-state index in [0.717, 1.165) is 4.91 Å². The summed E-state index contributed by atoms with van der Waals surface area (Å²) >= 11 is 1.45. The van der Waals surface area contributed by atoms with E-state index in [0.29, 0.717) is 6.42 Å². The highest BCUT2D eigenvalue weighted by Gasteiger charge is 2.53. The zero-order valence-electron chi connectivity index (χ0n) is 9.94. The molecule has 1 saturated heterocycles. The summed E-state index contributed by atoms with van der Waals surface area (Å²) in [6.07, 6.45) is 1.37. The van der Waals surface area contributed by atoms with Gasteiger partial charge in [-0.1, -0.05) is 0 Å². The van der Waals surface area contributed by atoms with Crippen molar-refractivity contribution in [1.82, 2.24) is 4.90 Å². The number of aliphatic carboxylic acids is 1. The molecule has 0 bridgehead atoms. The van der Waals surface area contributed by atoms with E-state index >= 15 is 0 Å². The van der Waals surface area contributed by atoms with Crippen molar-refractivity contribution in [1.29, 1.82) is 0 Å². The lowest BCUT2D eigenvalue weighted by Crippen LogP contribution is -2.58. The van der Waals surface area contributed by atoms with Crippen LogP contribution in [0.4, 0.5) is 0 Å².